The van der Waals surface area contributed by atoms with Gasteiger partial charge in [0.2, 0.25) is 11.8 Å². The molecule has 0 spiro atoms. The minimum Gasteiger partial charge on any atom is -0.388 e. The second kappa shape index (κ2) is 7.35. The molecule has 0 radical (unpaired) electrons. The Kier molecular flexibility index (Phi) is 4.97. The van der Waals surface area contributed by atoms with Crippen molar-refractivity contribution in [1.82, 2.24) is 15.1 Å². The van der Waals surface area contributed by atoms with Crippen LogP contribution in [0.25, 0.3) is 11.5 Å². The third-order valence-electron chi connectivity index (χ3n) is 4.02. The van der Waals surface area contributed by atoms with Crippen LogP contribution in [0.15, 0.2) is 57.7 Å². The van der Waals surface area contributed by atoms with Crippen LogP contribution in [0.2, 0.25) is 0 Å². The van der Waals surface area contributed by atoms with E-state index in [-0.39, 0.29) is 24.4 Å². The van der Waals surface area contributed by atoms with Gasteiger partial charge in [-0.15, -0.1) is 5.10 Å². The molecule has 1 aromatic heterocycles. The average Bonchev–Trinajstić information content (AvgIpc) is 2.96. The molecule has 3 rings (SSSR count). The summed E-state index contributed by atoms with van der Waals surface area (Å²) >= 11 is 0. The summed E-state index contributed by atoms with van der Waals surface area (Å²) in [5.74, 6) is -1.47. The number of nitrogens with zero attached hydrogens (tertiary/aromatic N) is 2. The lowest BCUT2D eigenvalue weighted by Gasteiger charge is -2.16. The van der Waals surface area contributed by atoms with E-state index in [0.717, 1.165) is 15.8 Å². The fourth-order valence-electron chi connectivity index (χ4n) is 2.69. The first-order chi connectivity index (χ1) is 12.4. The van der Waals surface area contributed by atoms with Crippen molar-refractivity contribution >= 4 is 5.91 Å². The molecule has 0 bridgehead atoms. The van der Waals surface area contributed by atoms with Crippen molar-refractivity contribution in [1.29, 1.82) is 0 Å². The molecule has 0 saturated heterocycles. The monoisotopic (exact) mass is 355 g/mol. The van der Waals surface area contributed by atoms with E-state index in [1.165, 1.54) is 24.3 Å². The number of carbonyl (C=O) groups is 1. The predicted molar refractivity (Wildman–Crippen MR) is 93.9 cm³/mol. The molecule has 0 saturated carbocycles. The molecule has 2 aromatic carbocycles. The minimum atomic E-state index is -0.747. The first-order valence-electron chi connectivity index (χ1n) is 8.13. The van der Waals surface area contributed by atoms with Crippen LogP contribution in [0.1, 0.15) is 24.1 Å². The fraction of sp³-hybridized carbons (Fsp3) is 0.211. The van der Waals surface area contributed by atoms with Crippen LogP contribution in [-0.4, -0.2) is 15.7 Å². The van der Waals surface area contributed by atoms with Gasteiger partial charge in [0, 0.05) is 5.56 Å². The minimum absolute atomic E-state index is 0.0368. The molecule has 134 valence electrons. The highest BCUT2D eigenvalue weighted by atomic mass is 19.1. The van der Waals surface area contributed by atoms with Crippen molar-refractivity contribution in [3.63, 3.8) is 0 Å². The number of aromatic nitrogens is 2. The van der Waals surface area contributed by atoms with Gasteiger partial charge in [-0.25, -0.2) is 9.18 Å². The topological polar surface area (TPSA) is 77.1 Å². The van der Waals surface area contributed by atoms with Gasteiger partial charge in [0.05, 0.1) is 6.04 Å². The normalized spacial score (nSPS) is 12.0. The molecule has 1 atom stereocenters. The number of halogens is 1. The number of amides is 1. The van der Waals surface area contributed by atoms with Crippen LogP contribution >= 0.6 is 0 Å². The number of hydrogen-bond acceptors (Lipinski definition) is 4. The number of carbonyl (C=O) groups excluding carboxylic acids is 1. The zero-order valence-corrected chi connectivity index (χ0v) is 14.4. The van der Waals surface area contributed by atoms with E-state index in [1.807, 2.05) is 38.1 Å². The maximum Gasteiger partial charge on any atom is 0.437 e. The third kappa shape index (κ3) is 3.88. The van der Waals surface area contributed by atoms with E-state index >= 15 is 0 Å². The van der Waals surface area contributed by atoms with Gasteiger partial charge in [-0.2, -0.15) is 4.68 Å². The van der Waals surface area contributed by atoms with Gasteiger partial charge in [0.1, 0.15) is 12.4 Å². The van der Waals surface area contributed by atoms with Crippen LogP contribution in [0.4, 0.5) is 4.39 Å². The Morgan fingerprint density at radius 3 is 2.62 bits per heavy atom. The molecule has 0 fully saturated rings. The SMILES string of the molecule is Cc1ccccc1C(C)NC(=O)Cn1nc(-c2ccc(F)cc2)oc1=O. The van der Waals surface area contributed by atoms with Gasteiger partial charge < -0.3 is 9.73 Å². The summed E-state index contributed by atoms with van der Waals surface area (Å²) in [6.07, 6.45) is 0. The summed E-state index contributed by atoms with van der Waals surface area (Å²) < 4.78 is 19.0. The van der Waals surface area contributed by atoms with Crippen molar-refractivity contribution in [2.24, 2.45) is 0 Å². The molecular formula is C19H18FN3O3. The highest BCUT2D eigenvalue weighted by Crippen LogP contribution is 2.17. The Balaban J connectivity index is 1.71. The average molecular weight is 355 g/mol. The quantitative estimate of drug-likeness (QED) is 0.763. The summed E-state index contributed by atoms with van der Waals surface area (Å²) in [6.45, 7) is 3.57. The fourth-order valence-corrected chi connectivity index (χ4v) is 2.69. The summed E-state index contributed by atoms with van der Waals surface area (Å²) in [7, 11) is 0. The van der Waals surface area contributed by atoms with Crippen molar-refractivity contribution in [3.8, 4) is 11.5 Å². The standard InChI is InChI=1S/C19H18FN3O3/c1-12-5-3-4-6-16(12)13(2)21-17(24)11-23-19(25)26-18(22-23)14-7-9-15(20)10-8-14/h3-10,13H,11H2,1-2H3,(H,21,24). The summed E-state index contributed by atoms with van der Waals surface area (Å²) in [5.41, 5.74) is 2.52. The Morgan fingerprint density at radius 1 is 1.23 bits per heavy atom. The number of nitrogens with one attached hydrogen (secondary N) is 1. The Morgan fingerprint density at radius 2 is 1.92 bits per heavy atom. The second-order valence-corrected chi connectivity index (χ2v) is 5.98. The molecule has 3 aromatic rings. The van der Waals surface area contributed by atoms with Crippen LogP contribution in [0, 0.1) is 12.7 Å². The Bertz CT molecular complexity index is 976. The Labute approximate surface area is 149 Å². The third-order valence-corrected chi connectivity index (χ3v) is 4.02. The molecule has 1 amide bonds. The van der Waals surface area contributed by atoms with Gasteiger partial charge in [-0.05, 0) is 49.2 Å². The van der Waals surface area contributed by atoms with Crippen LogP contribution < -0.4 is 11.1 Å². The largest absolute Gasteiger partial charge is 0.437 e. The first-order valence-corrected chi connectivity index (χ1v) is 8.13. The van der Waals surface area contributed by atoms with Crippen LogP contribution in [0.3, 0.4) is 0 Å². The molecule has 0 aliphatic carbocycles. The number of benzene rings is 2. The zero-order chi connectivity index (χ0) is 18.7. The number of aryl methyl sites for hydroxylation is 1. The molecule has 0 aliphatic rings. The van der Waals surface area contributed by atoms with Gasteiger partial charge in [-0.1, -0.05) is 24.3 Å². The highest BCUT2D eigenvalue weighted by Gasteiger charge is 2.16. The van der Waals surface area contributed by atoms with E-state index in [1.54, 1.807) is 0 Å². The lowest BCUT2D eigenvalue weighted by atomic mass is 10.0. The van der Waals surface area contributed by atoms with Gasteiger partial charge >= 0.3 is 5.76 Å². The maximum atomic E-state index is 13.0. The second-order valence-electron chi connectivity index (χ2n) is 5.98. The van der Waals surface area contributed by atoms with Crippen molar-refractivity contribution in [3.05, 3.63) is 76.0 Å². The summed E-state index contributed by atoms with van der Waals surface area (Å²) in [6, 6.07) is 12.9. The van der Waals surface area contributed by atoms with Crippen LogP contribution in [-0.2, 0) is 11.3 Å². The van der Waals surface area contributed by atoms with Crippen molar-refractivity contribution in [2.75, 3.05) is 0 Å². The van der Waals surface area contributed by atoms with E-state index < -0.39 is 11.6 Å². The maximum absolute atomic E-state index is 13.0. The number of hydrogen-bond donors (Lipinski definition) is 1. The molecule has 7 heteroatoms. The molecule has 1 heterocycles. The lowest BCUT2D eigenvalue weighted by Crippen LogP contribution is -2.33. The van der Waals surface area contributed by atoms with Gasteiger partial charge in [-0.3, -0.25) is 4.79 Å². The molecule has 0 aliphatic heterocycles. The molecular weight excluding hydrogens is 337 g/mol. The first kappa shape index (κ1) is 17.6. The van der Waals surface area contributed by atoms with E-state index in [9.17, 15) is 14.0 Å². The van der Waals surface area contributed by atoms with Crippen molar-refractivity contribution < 1.29 is 13.6 Å². The predicted octanol–water partition coefficient (Wildman–Crippen LogP) is 2.83. The molecule has 6 nitrogen and oxygen atoms in total. The highest BCUT2D eigenvalue weighted by molar-refractivity contribution is 5.76. The summed E-state index contributed by atoms with van der Waals surface area (Å²) in [4.78, 5) is 24.2. The van der Waals surface area contributed by atoms with Crippen molar-refractivity contribution in [2.45, 2.75) is 26.4 Å². The van der Waals surface area contributed by atoms with E-state index in [2.05, 4.69) is 10.4 Å². The van der Waals surface area contributed by atoms with E-state index in [4.69, 9.17) is 4.42 Å². The van der Waals surface area contributed by atoms with Gasteiger partial charge in [0.15, 0.2) is 0 Å². The molecule has 1 unspecified atom stereocenters. The number of rotatable bonds is 5. The zero-order valence-electron chi connectivity index (χ0n) is 14.4. The van der Waals surface area contributed by atoms with E-state index in [0.29, 0.717) is 5.56 Å². The molecule has 26 heavy (non-hydrogen) atoms. The van der Waals surface area contributed by atoms with Gasteiger partial charge in [0.25, 0.3) is 0 Å². The van der Waals surface area contributed by atoms with Crippen LogP contribution in [0.5, 0.6) is 0 Å². The summed E-state index contributed by atoms with van der Waals surface area (Å²) in [5, 5.41) is 6.84. The lowest BCUT2D eigenvalue weighted by molar-refractivity contribution is -0.122. The molecule has 1 N–H and O–H groups in total. The smallest absolute Gasteiger partial charge is 0.388 e. The Hall–Kier alpha value is -3.22.